The molecule has 2 saturated heterocycles. The molecule has 0 saturated carbocycles. The molecule has 2 unspecified atom stereocenters. The number of carbonyl (C=O) groups is 3. The van der Waals surface area contributed by atoms with E-state index in [0.29, 0.717) is 25.8 Å². The van der Waals surface area contributed by atoms with E-state index in [1.807, 2.05) is 0 Å². The molecule has 2 rings (SSSR count). The van der Waals surface area contributed by atoms with Gasteiger partial charge in [0.1, 0.15) is 12.1 Å². The summed E-state index contributed by atoms with van der Waals surface area (Å²) in [6, 6.07) is -0.961. The molecule has 2 heterocycles. The van der Waals surface area contributed by atoms with Gasteiger partial charge in [-0.1, -0.05) is 0 Å². The molecule has 0 aromatic rings. The highest BCUT2D eigenvalue weighted by Crippen LogP contribution is 2.20. The van der Waals surface area contributed by atoms with E-state index in [-0.39, 0.29) is 11.8 Å². The summed E-state index contributed by atoms with van der Waals surface area (Å²) in [6.45, 7) is 0.554. The second-order valence-electron chi connectivity index (χ2n) is 4.25. The maximum absolute atomic E-state index is 12.0. The molecule has 2 aliphatic heterocycles. The molecule has 6 heteroatoms. The van der Waals surface area contributed by atoms with Gasteiger partial charge in [0.05, 0.1) is 0 Å². The van der Waals surface area contributed by atoms with Gasteiger partial charge in [0.2, 0.25) is 17.7 Å². The van der Waals surface area contributed by atoms with Gasteiger partial charge in [0.25, 0.3) is 0 Å². The summed E-state index contributed by atoms with van der Waals surface area (Å²) in [5.41, 5.74) is 5.23. The van der Waals surface area contributed by atoms with Gasteiger partial charge in [0.15, 0.2) is 0 Å². The van der Waals surface area contributed by atoms with Crippen LogP contribution in [0.3, 0.4) is 0 Å². The van der Waals surface area contributed by atoms with Gasteiger partial charge in [-0.05, 0) is 19.3 Å². The Morgan fingerprint density at radius 2 is 2.12 bits per heavy atom. The zero-order chi connectivity index (χ0) is 11.7. The molecule has 0 spiro atoms. The van der Waals surface area contributed by atoms with E-state index in [1.165, 1.54) is 4.90 Å². The number of carbonyl (C=O) groups excluding carboxylic acids is 3. The third kappa shape index (κ3) is 1.87. The number of likely N-dealkylation sites (tertiary alicyclic amines) is 1. The van der Waals surface area contributed by atoms with Crippen molar-refractivity contribution < 1.29 is 14.4 Å². The number of hydrogen-bond acceptors (Lipinski definition) is 3. The molecule has 6 nitrogen and oxygen atoms in total. The number of amides is 3. The lowest BCUT2D eigenvalue weighted by Crippen LogP contribution is -2.50. The highest BCUT2D eigenvalue weighted by Gasteiger charge is 2.38. The fraction of sp³-hybridized carbons (Fsp3) is 0.700. The smallest absolute Gasteiger partial charge is 0.245 e. The first-order valence-corrected chi connectivity index (χ1v) is 5.49. The third-order valence-corrected chi connectivity index (χ3v) is 3.16. The van der Waals surface area contributed by atoms with E-state index in [9.17, 15) is 14.4 Å². The minimum atomic E-state index is -0.495. The minimum absolute atomic E-state index is 0.104. The van der Waals surface area contributed by atoms with Gasteiger partial charge in [0, 0.05) is 13.0 Å². The molecule has 0 radical (unpaired) electrons. The predicted molar refractivity (Wildman–Crippen MR) is 55.1 cm³/mol. The Labute approximate surface area is 93.1 Å². The maximum Gasteiger partial charge on any atom is 0.245 e. The Hall–Kier alpha value is -1.59. The quantitative estimate of drug-likeness (QED) is 0.614. The zero-order valence-electron chi connectivity index (χ0n) is 8.94. The molecule has 0 aliphatic carbocycles. The Balaban J connectivity index is 2.03. The lowest BCUT2D eigenvalue weighted by Gasteiger charge is -2.25. The monoisotopic (exact) mass is 225 g/mol. The molecule has 0 aromatic carbocycles. The summed E-state index contributed by atoms with van der Waals surface area (Å²) in [4.78, 5) is 35.7. The molecule has 2 atom stereocenters. The van der Waals surface area contributed by atoms with Crippen LogP contribution in [0.15, 0.2) is 0 Å². The predicted octanol–water partition coefficient (Wildman–Crippen LogP) is -1.26. The van der Waals surface area contributed by atoms with Crippen LogP contribution in [0.25, 0.3) is 0 Å². The number of nitrogens with zero attached hydrogens (tertiary/aromatic N) is 1. The largest absolute Gasteiger partial charge is 0.368 e. The fourth-order valence-electron chi connectivity index (χ4n) is 2.33. The van der Waals surface area contributed by atoms with Crippen molar-refractivity contribution in [2.75, 3.05) is 6.54 Å². The van der Waals surface area contributed by atoms with Gasteiger partial charge in [-0.25, -0.2) is 0 Å². The first-order valence-electron chi connectivity index (χ1n) is 5.49. The van der Waals surface area contributed by atoms with Crippen molar-refractivity contribution in [2.45, 2.75) is 37.8 Å². The highest BCUT2D eigenvalue weighted by atomic mass is 16.2. The maximum atomic E-state index is 12.0. The normalized spacial score (nSPS) is 29.2. The van der Waals surface area contributed by atoms with Crippen molar-refractivity contribution in [3.63, 3.8) is 0 Å². The first-order chi connectivity index (χ1) is 7.59. The van der Waals surface area contributed by atoms with Crippen LogP contribution >= 0.6 is 0 Å². The van der Waals surface area contributed by atoms with Gasteiger partial charge in [-0.15, -0.1) is 0 Å². The lowest BCUT2D eigenvalue weighted by atomic mass is 10.1. The zero-order valence-corrected chi connectivity index (χ0v) is 8.94. The summed E-state index contributed by atoms with van der Waals surface area (Å²) in [6.07, 6.45) is 2.31. The van der Waals surface area contributed by atoms with Crippen LogP contribution in [-0.4, -0.2) is 41.2 Å². The van der Waals surface area contributed by atoms with Gasteiger partial charge in [-0.3, -0.25) is 14.4 Å². The van der Waals surface area contributed by atoms with Crippen LogP contribution in [0.2, 0.25) is 0 Å². The van der Waals surface area contributed by atoms with Crippen molar-refractivity contribution in [3.8, 4) is 0 Å². The summed E-state index contributed by atoms with van der Waals surface area (Å²) in [5, 5.41) is 2.61. The number of rotatable bonds is 2. The average Bonchev–Trinajstić information content (AvgIpc) is 2.84. The highest BCUT2D eigenvalue weighted by molar-refractivity contribution is 5.94. The summed E-state index contributed by atoms with van der Waals surface area (Å²) < 4.78 is 0. The van der Waals surface area contributed by atoms with Crippen LogP contribution in [0, 0.1) is 0 Å². The SMILES string of the molecule is NC(=O)C1CCCN1C(=O)C1CCC(=O)N1. The number of nitrogens with two attached hydrogens (primary N) is 1. The van der Waals surface area contributed by atoms with Crippen molar-refractivity contribution in [1.82, 2.24) is 10.2 Å². The Morgan fingerprint density at radius 1 is 1.38 bits per heavy atom. The van der Waals surface area contributed by atoms with E-state index in [0.717, 1.165) is 6.42 Å². The summed E-state index contributed by atoms with van der Waals surface area (Å²) in [7, 11) is 0. The van der Waals surface area contributed by atoms with Crippen LogP contribution < -0.4 is 11.1 Å². The standard InChI is InChI=1S/C10H15N3O3/c11-9(15)7-2-1-5-13(7)10(16)6-3-4-8(14)12-6/h6-7H,1-5H2,(H2,11,15)(H,12,14). The Morgan fingerprint density at radius 3 is 2.69 bits per heavy atom. The molecule has 3 amide bonds. The Kier molecular flexibility index (Phi) is 2.80. The molecule has 0 aromatic heterocycles. The minimum Gasteiger partial charge on any atom is -0.368 e. The number of primary amides is 1. The molecule has 88 valence electrons. The van der Waals surface area contributed by atoms with E-state index >= 15 is 0 Å². The Bertz CT molecular complexity index is 342. The number of nitrogens with one attached hydrogen (secondary N) is 1. The van der Waals surface area contributed by atoms with Crippen LogP contribution in [0.5, 0.6) is 0 Å². The van der Waals surface area contributed by atoms with Gasteiger partial charge >= 0.3 is 0 Å². The van der Waals surface area contributed by atoms with Crippen molar-refractivity contribution in [1.29, 1.82) is 0 Å². The van der Waals surface area contributed by atoms with Crippen LogP contribution in [0.4, 0.5) is 0 Å². The van der Waals surface area contributed by atoms with E-state index in [4.69, 9.17) is 5.73 Å². The van der Waals surface area contributed by atoms with Crippen molar-refractivity contribution in [3.05, 3.63) is 0 Å². The molecule has 2 aliphatic rings. The summed E-state index contributed by atoms with van der Waals surface area (Å²) in [5.74, 6) is -0.740. The topological polar surface area (TPSA) is 92.5 Å². The summed E-state index contributed by atoms with van der Waals surface area (Å²) >= 11 is 0. The molecular weight excluding hydrogens is 210 g/mol. The van der Waals surface area contributed by atoms with Crippen molar-refractivity contribution in [2.24, 2.45) is 5.73 Å². The van der Waals surface area contributed by atoms with E-state index < -0.39 is 18.0 Å². The first kappa shape index (κ1) is 10.9. The average molecular weight is 225 g/mol. The number of hydrogen-bond donors (Lipinski definition) is 2. The van der Waals surface area contributed by atoms with E-state index in [1.54, 1.807) is 0 Å². The fourth-order valence-corrected chi connectivity index (χ4v) is 2.33. The van der Waals surface area contributed by atoms with E-state index in [2.05, 4.69) is 5.32 Å². The molecule has 0 bridgehead atoms. The third-order valence-electron chi connectivity index (χ3n) is 3.16. The molecular formula is C10H15N3O3. The second-order valence-corrected chi connectivity index (χ2v) is 4.25. The van der Waals surface area contributed by atoms with Gasteiger partial charge < -0.3 is 16.0 Å². The van der Waals surface area contributed by atoms with Crippen LogP contribution in [0.1, 0.15) is 25.7 Å². The van der Waals surface area contributed by atoms with Gasteiger partial charge in [-0.2, -0.15) is 0 Å². The lowest BCUT2D eigenvalue weighted by molar-refractivity contribution is -0.139. The second kappa shape index (κ2) is 4.11. The molecule has 3 N–H and O–H groups in total. The van der Waals surface area contributed by atoms with Crippen molar-refractivity contribution >= 4 is 17.7 Å². The molecule has 2 fully saturated rings. The molecule has 16 heavy (non-hydrogen) atoms. The van der Waals surface area contributed by atoms with Crippen LogP contribution in [-0.2, 0) is 14.4 Å².